The maximum atomic E-state index is 5.49. The SMILES string of the molecule is CCOc1cccc(CNCc2cccn2C)c1. The summed E-state index contributed by atoms with van der Waals surface area (Å²) in [6.45, 7) is 4.44. The molecule has 0 saturated carbocycles. The molecule has 1 N–H and O–H groups in total. The van der Waals surface area contributed by atoms with Gasteiger partial charge in [0.25, 0.3) is 0 Å². The molecule has 0 unspecified atom stereocenters. The van der Waals surface area contributed by atoms with Crippen LogP contribution in [0, 0.1) is 0 Å². The van der Waals surface area contributed by atoms with E-state index < -0.39 is 0 Å². The van der Waals surface area contributed by atoms with Gasteiger partial charge in [-0.3, -0.25) is 0 Å². The standard InChI is InChI=1S/C15H20N2O/c1-3-18-15-8-4-6-13(10-15)11-16-12-14-7-5-9-17(14)2/h4-10,16H,3,11-12H2,1-2H3. The monoisotopic (exact) mass is 244 g/mol. The molecule has 0 amide bonds. The predicted molar refractivity (Wildman–Crippen MR) is 73.6 cm³/mol. The van der Waals surface area contributed by atoms with Gasteiger partial charge in [0.1, 0.15) is 5.75 Å². The average Bonchev–Trinajstić information content (AvgIpc) is 2.76. The Hall–Kier alpha value is -1.74. The highest BCUT2D eigenvalue weighted by Gasteiger charge is 1.98. The molecular formula is C15H20N2O. The van der Waals surface area contributed by atoms with Gasteiger partial charge < -0.3 is 14.6 Å². The van der Waals surface area contributed by atoms with Crippen molar-refractivity contribution < 1.29 is 4.74 Å². The van der Waals surface area contributed by atoms with E-state index >= 15 is 0 Å². The molecule has 2 aromatic rings. The lowest BCUT2D eigenvalue weighted by molar-refractivity contribution is 0.340. The second-order valence-electron chi connectivity index (χ2n) is 4.29. The minimum Gasteiger partial charge on any atom is -0.494 e. The predicted octanol–water partition coefficient (Wildman–Crippen LogP) is 2.71. The molecule has 3 nitrogen and oxygen atoms in total. The molecule has 0 aliphatic carbocycles. The van der Waals surface area contributed by atoms with Crippen molar-refractivity contribution in [3.05, 3.63) is 53.9 Å². The normalized spacial score (nSPS) is 10.6. The van der Waals surface area contributed by atoms with Gasteiger partial charge in [0, 0.05) is 32.0 Å². The van der Waals surface area contributed by atoms with Crippen LogP contribution in [0.25, 0.3) is 0 Å². The number of rotatable bonds is 6. The molecule has 1 aromatic heterocycles. The Morgan fingerprint density at radius 3 is 2.78 bits per heavy atom. The molecule has 0 spiro atoms. The fourth-order valence-electron chi connectivity index (χ4n) is 1.93. The lowest BCUT2D eigenvalue weighted by Gasteiger charge is -2.08. The van der Waals surface area contributed by atoms with E-state index in [1.165, 1.54) is 11.3 Å². The number of hydrogen-bond donors (Lipinski definition) is 1. The molecule has 0 fully saturated rings. The zero-order valence-electron chi connectivity index (χ0n) is 11.0. The van der Waals surface area contributed by atoms with E-state index in [0.717, 1.165) is 18.8 Å². The van der Waals surface area contributed by atoms with E-state index in [1.807, 2.05) is 19.1 Å². The van der Waals surface area contributed by atoms with Crippen molar-refractivity contribution in [3.63, 3.8) is 0 Å². The van der Waals surface area contributed by atoms with E-state index in [2.05, 4.69) is 47.4 Å². The van der Waals surface area contributed by atoms with E-state index in [4.69, 9.17) is 4.74 Å². The summed E-state index contributed by atoms with van der Waals surface area (Å²) in [5, 5.41) is 3.44. The van der Waals surface area contributed by atoms with Gasteiger partial charge in [-0.2, -0.15) is 0 Å². The first-order valence-corrected chi connectivity index (χ1v) is 6.32. The van der Waals surface area contributed by atoms with Crippen molar-refractivity contribution in [1.82, 2.24) is 9.88 Å². The number of hydrogen-bond acceptors (Lipinski definition) is 2. The smallest absolute Gasteiger partial charge is 0.119 e. The van der Waals surface area contributed by atoms with Gasteiger partial charge in [0.2, 0.25) is 0 Å². The highest BCUT2D eigenvalue weighted by Crippen LogP contribution is 2.13. The number of ether oxygens (including phenoxy) is 1. The fraction of sp³-hybridized carbons (Fsp3) is 0.333. The number of benzene rings is 1. The van der Waals surface area contributed by atoms with Crippen LogP contribution in [0.1, 0.15) is 18.2 Å². The topological polar surface area (TPSA) is 26.2 Å². The highest BCUT2D eigenvalue weighted by atomic mass is 16.5. The summed E-state index contributed by atoms with van der Waals surface area (Å²) >= 11 is 0. The Labute approximate surface area is 108 Å². The van der Waals surface area contributed by atoms with Crippen LogP contribution in [0.3, 0.4) is 0 Å². The lowest BCUT2D eigenvalue weighted by atomic mass is 10.2. The average molecular weight is 244 g/mol. The van der Waals surface area contributed by atoms with Crippen molar-refractivity contribution in [2.75, 3.05) is 6.61 Å². The zero-order valence-corrected chi connectivity index (χ0v) is 11.0. The Morgan fingerprint density at radius 2 is 2.06 bits per heavy atom. The summed E-state index contributed by atoms with van der Waals surface area (Å²) in [7, 11) is 2.06. The van der Waals surface area contributed by atoms with Crippen molar-refractivity contribution >= 4 is 0 Å². The van der Waals surface area contributed by atoms with Crippen LogP contribution in [0.15, 0.2) is 42.6 Å². The van der Waals surface area contributed by atoms with E-state index in [-0.39, 0.29) is 0 Å². The van der Waals surface area contributed by atoms with Gasteiger partial charge in [-0.05, 0) is 36.8 Å². The Balaban J connectivity index is 1.86. The summed E-state index contributed by atoms with van der Waals surface area (Å²) in [6.07, 6.45) is 2.06. The second-order valence-corrected chi connectivity index (χ2v) is 4.29. The van der Waals surface area contributed by atoms with E-state index in [1.54, 1.807) is 0 Å². The molecule has 3 heteroatoms. The van der Waals surface area contributed by atoms with Crippen molar-refractivity contribution in [1.29, 1.82) is 0 Å². The number of nitrogens with one attached hydrogen (secondary N) is 1. The molecule has 0 saturated heterocycles. The third kappa shape index (κ3) is 3.37. The van der Waals surface area contributed by atoms with Crippen LogP contribution in [-0.2, 0) is 20.1 Å². The van der Waals surface area contributed by atoms with Crippen LogP contribution in [-0.4, -0.2) is 11.2 Å². The zero-order chi connectivity index (χ0) is 12.8. The van der Waals surface area contributed by atoms with Crippen LogP contribution in [0.4, 0.5) is 0 Å². The Morgan fingerprint density at radius 1 is 1.17 bits per heavy atom. The number of aryl methyl sites for hydroxylation is 1. The molecule has 0 aliphatic rings. The summed E-state index contributed by atoms with van der Waals surface area (Å²) in [6, 6.07) is 12.4. The van der Waals surface area contributed by atoms with Gasteiger partial charge >= 0.3 is 0 Å². The molecule has 0 atom stereocenters. The molecular weight excluding hydrogens is 224 g/mol. The third-order valence-corrected chi connectivity index (χ3v) is 2.90. The Kier molecular flexibility index (Phi) is 4.42. The van der Waals surface area contributed by atoms with Gasteiger partial charge in [-0.1, -0.05) is 12.1 Å². The van der Waals surface area contributed by atoms with Gasteiger partial charge in [-0.15, -0.1) is 0 Å². The largest absolute Gasteiger partial charge is 0.494 e. The van der Waals surface area contributed by atoms with Crippen LogP contribution in [0.2, 0.25) is 0 Å². The number of aromatic nitrogens is 1. The molecule has 0 radical (unpaired) electrons. The molecule has 0 bridgehead atoms. The molecule has 18 heavy (non-hydrogen) atoms. The van der Waals surface area contributed by atoms with Crippen molar-refractivity contribution in [2.24, 2.45) is 7.05 Å². The number of nitrogens with zero attached hydrogens (tertiary/aromatic N) is 1. The summed E-state index contributed by atoms with van der Waals surface area (Å²) in [5.41, 5.74) is 2.53. The van der Waals surface area contributed by atoms with Crippen LogP contribution >= 0.6 is 0 Å². The first-order chi connectivity index (χ1) is 8.79. The minimum absolute atomic E-state index is 0.709. The van der Waals surface area contributed by atoms with E-state index in [0.29, 0.717) is 6.61 Å². The van der Waals surface area contributed by atoms with Gasteiger partial charge in [0.15, 0.2) is 0 Å². The molecule has 1 heterocycles. The summed E-state index contributed by atoms with van der Waals surface area (Å²) in [5.74, 6) is 0.940. The quantitative estimate of drug-likeness (QED) is 0.845. The maximum absolute atomic E-state index is 5.49. The van der Waals surface area contributed by atoms with Gasteiger partial charge in [0.05, 0.1) is 6.61 Å². The van der Waals surface area contributed by atoms with Gasteiger partial charge in [-0.25, -0.2) is 0 Å². The second kappa shape index (κ2) is 6.26. The molecule has 96 valence electrons. The van der Waals surface area contributed by atoms with E-state index in [9.17, 15) is 0 Å². The van der Waals surface area contributed by atoms with Crippen LogP contribution < -0.4 is 10.1 Å². The molecule has 0 aliphatic heterocycles. The summed E-state index contributed by atoms with van der Waals surface area (Å²) in [4.78, 5) is 0. The Bertz CT molecular complexity index is 491. The third-order valence-electron chi connectivity index (χ3n) is 2.90. The van der Waals surface area contributed by atoms with Crippen molar-refractivity contribution in [3.8, 4) is 5.75 Å². The molecule has 1 aromatic carbocycles. The summed E-state index contributed by atoms with van der Waals surface area (Å²) < 4.78 is 7.61. The molecule has 2 rings (SSSR count). The van der Waals surface area contributed by atoms with Crippen molar-refractivity contribution in [2.45, 2.75) is 20.0 Å². The first-order valence-electron chi connectivity index (χ1n) is 6.32. The highest BCUT2D eigenvalue weighted by molar-refractivity contribution is 5.28. The lowest BCUT2D eigenvalue weighted by Crippen LogP contribution is -2.14. The minimum atomic E-state index is 0.709. The van der Waals surface area contributed by atoms with Crippen LogP contribution in [0.5, 0.6) is 5.75 Å². The first kappa shape index (κ1) is 12.7. The fourth-order valence-corrected chi connectivity index (χ4v) is 1.93. The maximum Gasteiger partial charge on any atom is 0.119 e.